The van der Waals surface area contributed by atoms with Crippen LogP contribution in [-0.2, 0) is 6.42 Å². The van der Waals surface area contributed by atoms with Crippen molar-refractivity contribution < 1.29 is 13.6 Å². The van der Waals surface area contributed by atoms with Gasteiger partial charge in [-0.05, 0) is 62.1 Å². The number of carbonyl (C=O) groups is 1. The van der Waals surface area contributed by atoms with Gasteiger partial charge in [-0.3, -0.25) is 4.79 Å². The summed E-state index contributed by atoms with van der Waals surface area (Å²) in [6, 6.07) is 11.7. The van der Waals surface area contributed by atoms with Crippen molar-refractivity contribution in [3.63, 3.8) is 0 Å². The molecule has 0 saturated heterocycles. The maximum atomic E-state index is 13.2. The highest BCUT2D eigenvalue weighted by Crippen LogP contribution is 2.22. The number of unbranched alkanes of at least 4 members (excludes halogenated alkanes) is 1. The molecule has 6 heteroatoms. The predicted octanol–water partition coefficient (Wildman–Crippen LogP) is 4.36. The average Bonchev–Trinajstić information content (AvgIpc) is 3.04. The summed E-state index contributed by atoms with van der Waals surface area (Å²) in [6.07, 6.45) is 2.56. The van der Waals surface area contributed by atoms with E-state index in [0.717, 1.165) is 24.2 Å². The number of furan rings is 1. The third-order valence-electron chi connectivity index (χ3n) is 4.03. The Bertz CT molecular complexity index is 921. The van der Waals surface area contributed by atoms with Crippen LogP contribution in [0.15, 0.2) is 46.9 Å². The summed E-state index contributed by atoms with van der Waals surface area (Å²) in [7, 11) is 0. The molecule has 134 valence electrons. The zero-order valence-electron chi connectivity index (χ0n) is 14.5. The molecule has 3 rings (SSSR count). The van der Waals surface area contributed by atoms with E-state index in [-0.39, 0.29) is 23.2 Å². The van der Waals surface area contributed by atoms with Crippen LogP contribution in [0.2, 0.25) is 0 Å². The lowest BCUT2D eigenvalue weighted by atomic mass is 10.0. The second kappa shape index (κ2) is 7.91. The lowest BCUT2D eigenvalue weighted by Crippen LogP contribution is -2.07. The largest absolute Gasteiger partial charge is 0.460 e. The number of halogens is 1. The number of nitrogens with two attached hydrogens (primary N) is 1. The van der Waals surface area contributed by atoms with Crippen molar-refractivity contribution in [2.24, 2.45) is 0 Å². The fourth-order valence-electron chi connectivity index (χ4n) is 2.74. The van der Waals surface area contributed by atoms with Crippen LogP contribution in [0.25, 0.3) is 11.5 Å². The molecule has 0 aliphatic heterocycles. The van der Waals surface area contributed by atoms with Crippen molar-refractivity contribution in [2.45, 2.75) is 32.6 Å². The molecule has 2 N–H and O–H groups in total. The smallest absolute Gasteiger partial charge is 0.221 e. The Balaban J connectivity index is 1.60. The Morgan fingerprint density at radius 1 is 1.15 bits per heavy atom. The summed E-state index contributed by atoms with van der Waals surface area (Å²) in [5.41, 5.74) is 7.44. The number of Topliss-reactive ketones (excluding diaryl/α,β-unsaturated/α-hetero) is 1. The first-order valence-corrected chi connectivity index (χ1v) is 8.50. The van der Waals surface area contributed by atoms with Gasteiger partial charge in [-0.15, -0.1) is 0 Å². The molecule has 0 aliphatic rings. The quantitative estimate of drug-likeness (QED) is 0.504. The third kappa shape index (κ3) is 4.53. The minimum absolute atomic E-state index is 0.0414. The molecule has 3 aromatic rings. The number of ketones is 1. The first kappa shape index (κ1) is 17.8. The van der Waals surface area contributed by atoms with Crippen molar-refractivity contribution in [2.75, 3.05) is 5.73 Å². The second-order valence-electron chi connectivity index (χ2n) is 6.17. The number of hydrogen-bond acceptors (Lipinski definition) is 5. The maximum Gasteiger partial charge on any atom is 0.221 e. The van der Waals surface area contributed by atoms with E-state index in [0.29, 0.717) is 24.3 Å². The summed E-state index contributed by atoms with van der Waals surface area (Å²) >= 11 is 0. The summed E-state index contributed by atoms with van der Waals surface area (Å²) < 4.78 is 18.7. The fourth-order valence-corrected chi connectivity index (χ4v) is 2.74. The number of hydrogen-bond donors (Lipinski definition) is 1. The maximum absolute atomic E-state index is 13.2. The van der Waals surface area contributed by atoms with E-state index in [4.69, 9.17) is 10.2 Å². The molecule has 0 spiro atoms. The summed E-state index contributed by atoms with van der Waals surface area (Å²) in [4.78, 5) is 20.6. The summed E-state index contributed by atoms with van der Waals surface area (Å²) in [5.74, 6) is 1.01. The van der Waals surface area contributed by atoms with Crippen molar-refractivity contribution in [3.8, 4) is 11.5 Å². The van der Waals surface area contributed by atoms with Gasteiger partial charge in [-0.2, -0.15) is 0 Å². The van der Waals surface area contributed by atoms with E-state index < -0.39 is 0 Å². The van der Waals surface area contributed by atoms with Crippen LogP contribution in [-0.4, -0.2) is 15.8 Å². The highest BCUT2D eigenvalue weighted by molar-refractivity contribution is 5.95. The van der Waals surface area contributed by atoms with Crippen LogP contribution < -0.4 is 5.73 Å². The van der Waals surface area contributed by atoms with Crippen molar-refractivity contribution in [1.82, 2.24) is 9.97 Å². The summed E-state index contributed by atoms with van der Waals surface area (Å²) in [6.45, 7) is 1.83. The lowest BCUT2D eigenvalue weighted by molar-refractivity contribution is 0.0974. The fraction of sp³-hybridized carbons (Fsp3) is 0.250. The zero-order valence-corrected chi connectivity index (χ0v) is 14.5. The zero-order chi connectivity index (χ0) is 18.5. The SMILES string of the molecule is Cc1ccc(-c2cc(C(=O)CCCCc3cccc(F)c3)nc(N)n2)o1. The van der Waals surface area contributed by atoms with Gasteiger partial charge < -0.3 is 10.2 Å². The molecule has 0 aliphatic carbocycles. The standard InChI is InChI=1S/C20H20FN3O2/c1-13-9-10-19(26-13)17-12-16(23-20(22)24-17)18(25)8-3-2-5-14-6-4-7-15(21)11-14/h4,6-7,9-12H,2-3,5,8H2,1H3,(H2,22,23,24). The number of benzene rings is 1. The van der Waals surface area contributed by atoms with Crippen molar-refractivity contribution in [3.05, 3.63) is 65.3 Å². The Labute approximate surface area is 151 Å². The first-order valence-electron chi connectivity index (χ1n) is 8.50. The molecule has 2 aromatic heterocycles. The predicted molar refractivity (Wildman–Crippen MR) is 97.2 cm³/mol. The lowest BCUT2D eigenvalue weighted by Gasteiger charge is -2.05. The Morgan fingerprint density at radius 2 is 2.00 bits per heavy atom. The van der Waals surface area contributed by atoms with Gasteiger partial charge in [0.1, 0.15) is 23.0 Å². The number of nitrogen functional groups attached to an aromatic ring is 1. The first-order chi connectivity index (χ1) is 12.5. The monoisotopic (exact) mass is 353 g/mol. The minimum Gasteiger partial charge on any atom is -0.460 e. The third-order valence-corrected chi connectivity index (χ3v) is 4.03. The van der Waals surface area contributed by atoms with E-state index in [1.54, 1.807) is 18.2 Å². The molecule has 0 bridgehead atoms. The van der Waals surface area contributed by atoms with E-state index in [2.05, 4.69) is 9.97 Å². The molecule has 0 unspecified atom stereocenters. The molecular weight excluding hydrogens is 333 g/mol. The summed E-state index contributed by atoms with van der Waals surface area (Å²) in [5, 5.41) is 0. The minimum atomic E-state index is -0.240. The van der Waals surface area contributed by atoms with Gasteiger partial charge >= 0.3 is 0 Å². The van der Waals surface area contributed by atoms with E-state index in [1.807, 2.05) is 19.1 Å². The molecule has 2 heterocycles. The van der Waals surface area contributed by atoms with Crippen molar-refractivity contribution >= 4 is 11.7 Å². The normalized spacial score (nSPS) is 10.8. The molecule has 0 atom stereocenters. The van der Waals surface area contributed by atoms with Gasteiger partial charge in [0.25, 0.3) is 0 Å². The number of aromatic nitrogens is 2. The van der Waals surface area contributed by atoms with Gasteiger partial charge in [0.2, 0.25) is 5.95 Å². The van der Waals surface area contributed by atoms with E-state index in [1.165, 1.54) is 12.1 Å². The highest BCUT2D eigenvalue weighted by Gasteiger charge is 2.13. The van der Waals surface area contributed by atoms with Crippen molar-refractivity contribution in [1.29, 1.82) is 0 Å². The molecule has 0 amide bonds. The van der Waals surface area contributed by atoms with Crippen LogP contribution in [0.5, 0.6) is 0 Å². The molecule has 1 aromatic carbocycles. The Kier molecular flexibility index (Phi) is 5.41. The van der Waals surface area contributed by atoms with Crippen LogP contribution in [0.4, 0.5) is 10.3 Å². The average molecular weight is 353 g/mol. The number of nitrogens with zero attached hydrogens (tertiary/aromatic N) is 2. The van der Waals surface area contributed by atoms with Crippen LogP contribution >= 0.6 is 0 Å². The van der Waals surface area contributed by atoms with Crippen LogP contribution in [0.1, 0.15) is 41.1 Å². The second-order valence-corrected chi connectivity index (χ2v) is 6.17. The van der Waals surface area contributed by atoms with E-state index >= 15 is 0 Å². The molecule has 0 radical (unpaired) electrons. The highest BCUT2D eigenvalue weighted by atomic mass is 19.1. The number of anilines is 1. The molecule has 0 saturated carbocycles. The van der Waals surface area contributed by atoms with Gasteiger partial charge in [-0.1, -0.05) is 12.1 Å². The molecular formula is C20H20FN3O2. The van der Waals surface area contributed by atoms with Crippen LogP contribution in [0.3, 0.4) is 0 Å². The number of aryl methyl sites for hydroxylation is 2. The van der Waals surface area contributed by atoms with Gasteiger partial charge in [-0.25, -0.2) is 14.4 Å². The molecule has 5 nitrogen and oxygen atoms in total. The Morgan fingerprint density at radius 3 is 2.73 bits per heavy atom. The number of carbonyl (C=O) groups excluding carboxylic acids is 1. The topological polar surface area (TPSA) is 82.0 Å². The molecule has 0 fully saturated rings. The molecule has 26 heavy (non-hydrogen) atoms. The van der Waals surface area contributed by atoms with Gasteiger partial charge in [0.15, 0.2) is 11.5 Å². The van der Waals surface area contributed by atoms with E-state index in [9.17, 15) is 9.18 Å². The Hall–Kier alpha value is -3.02. The van der Waals surface area contributed by atoms with Gasteiger partial charge in [0.05, 0.1) is 0 Å². The van der Waals surface area contributed by atoms with Crippen LogP contribution in [0, 0.1) is 12.7 Å². The number of rotatable bonds is 7. The van der Waals surface area contributed by atoms with Gasteiger partial charge in [0, 0.05) is 6.42 Å².